The number of rotatable bonds is 5. The molecule has 2 N–H and O–H groups in total. The van der Waals surface area contributed by atoms with Gasteiger partial charge in [0, 0.05) is 6.42 Å². The Kier molecular flexibility index (Phi) is 4.31. The fraction of sp³-hybridized carbons (Fsp3) is 0.333. The Bertz CT molecular complexity index is 521. The summed E-state index contributed by atoms with van der Waals surface area (Å²) in [5.74, 6) is 0.635. The van der Waals surface area contributed by atoms with Crippen LogP contribution in [0.25, 0.3) is 0 Å². The number of sulfonamides is 1. The first-order chi connectivity index (χ1) is 7.80. The van der Waals surface area contributed by atoms with Gasteiger partial charge in [0.2, 0.25) is 10.0 Å². The lowest BCUT2D eigenvalue weighted by molar-refractivity contribution is 0.321. The van der Waals surface area contributed by atoms with Crippen molar-refractivity contribution in [3.05, 3.63) is 35.9 Å². The third-order valence-corrected chi connectivity index (χ3v) is 3.32. The topological polar surface area (TPSA) is 69.4 Å². The van der Waals surface area contributed by atoms with Crippen molar-refractivity contribution >= 4 is 10.0 Å². The Morgan fingerprint density at radius 2 is 2.12 bits per heavy atom. The van der Waals surface area contributed by atoms with Crippen LogP contribution in [-0.4, -0.2) is 15.0 Å². The zero-order chi connectivity index (χ0) is 13.1. The summed E-state index contributed by atoms with van der Waals surface area (Å²) < 4.78 is 27.9. The average Bonchev–Trinajstić information content (AvgIpc) is 2.14. The average molecular weight is 255 g/mol. The van der Waals surface area contributed by atoms with Crippen molar-refractivity contribution in [1.82, 2.24) is 0 Å². The lowest BCUT2D eigenvalue weighted by Gasteiger charge is -2.09. The van der Waals surface area contributed by atoms with Crippen LogP contribution in [0.1, 0.15) is 18.9 Å². The van der Waals surface area contributed by atoms with E-state index < -0.39 is 10.0 Å². The predicted molar refractivity (Wildman–Crippen MR) is 67.5 cm³/mol. The quantitative estimate of drug-likeness (QED) is 0.818. The van der Waals surface area contributed by atoms with E-state index in [9.17, 15) is 8.42 Å². The molecule has 5 heteroatoms. The van der Waals surface area contributed by atoms with Crippen molar-refractivity contribution < 1.29 is 13.2 Å². The second kappa shape index (κ2) is 5.33. The van der Waals surface area contributed by atoms with Gasteiger partial charge in [-0.3, -0.25) is 0 Å². The molecular formula is C12H17NO3S. The molecule has 0 saturated heterocycles. The Labute approximate surface area is 102 Å². The van der Waals surface area contributed by atoms with Crippen LogP contribution in [0.5, 0.6) is 5.75 Å². The maximum atomic E-state index is 11.2. The van der Waals surface area contributed by atoms with E-state index in [4.69, 9.17) is 9.88 Å². The van der Waals surface area contributed by atoms with Crippen molar-refractivity contribution in [2.75, 3.05) is 6.61 Å². The largest absolute Gasteiger partial charge is 0.493 e. The number of ether oxygens (including phenoxy) is 1. The Hall–Kier alpha value is -1.33. The fourth-order valence-corrected chi connectivity index (χ4v) is 2.14. The highest BCUT2D eigenvalue weighted by Crippen LogP contribution is 2.20. The molecule has 0 spiro atoms. The maximum absolute atomic E-state index is 11.2. The van der Waals surface area contributed by atoms with Crippen LogP contribution >= 0.6 is 0 Å². The molecule has 1 aromatic rings. The first kappa shape index (κ1) is 13.7. The molecule has 0 heterocycles. The Morgan fingerprint density at radius 3 is 2.59 bits per heavy atom. The number of nitrogens with two attached hydrogens (primary N) is 1. The molecule has 0 atom stereocenters. The van der Waals surface area contributed by atoms with E-state index in [0.717, 1.165) is 12.0 Å². The van der Waals surface area contributed by atoms with Crippen molar-refractivity contribution in [3.8, 4) is 5.75 Å². The SMILES string of the molecule is C=C(C)CCOc1ccc(S(N)(=O)=O)c(C)c1. The van der Waals surface area contributed by atoms with E-state index in [0.29, 0.717) is 17.9 Å². The summed E-state index contributed by atoms with van der Waals surface area (Å²) in [5.41, 5.74) is 1.63. The molecule has 17 heavy (non-hydrogen) atoms. The van der Waals surface area contributed by atoms with Gasteiger partial charge >= 0.3 is 0 Å². The summed E-state index contributed by atoms with van der Waals surface area (Å²) in [6.45, 7) is 7.92. The first-order valence-electron chi connectivity index (χ1n) is 5.21. The highest BCUT2D eigenvalue weighted by atomic mass is 32.2. The minimum absolute atomic E-state index is 0.129. The second-order valence-corrected chi connectivity index (χ2v) is 5.56. The van der Waals surface area contributed by atoms with E-state index in [1.54, 1.807) is 19.1 Å². The molecule has 0 saturated carbocycles. The summed E-state index contributed by atoms with van der Waals surface area (Å²) in [7, 11) is -3.65. The molecule has 0 radical (unpaired) electrons. The van der Waals surface area contributed by atoms with Crippen LogP contribution in [0.2, 0.25) is 0 Å². The van der Waals surface area contributed by atoms with E-state index in [-0.39, 0.29) is 4.90 Å². The summed E-state index contributed by atoms with van der Waals surface area (Å²) in [4.78, 5) is 0.129. The standard InChI is InChI=1S/C12H17NO3S/c1-9(2)6-7-16-11-4-5-12(10(3)8-11)17(13,14)15/h4-5,8H,1,6-7H2,2-3H3,(H2,13,14,15). The van der Waals surface area contributed by atoms with Gasteiger partial charge in [-0.05, 0) is 37.6 Å². The lowest BCUT2D eigenvalue weighted by Crippen LogP contribution is -2.13. The normalized spacial score (nSPS) is 11.2. The molecule has 1 aromatic carbocycles. The smallest absolute Gasteiger partial charge is 0.238 e. The zero-order valence-corrected chi connectivity index (χ0v) is 10.9. The summed E-state index contributed by atoms with van der Waals surface area (Å²) in [5, 5.41) is 5.07. The molecule has 0 aliphatic heterocycles. The van der Waals surface area contributed by atoms with Crippen LogP contribution in [0.4, 0.5) is 0 Å². The summed E-state index contributed by atoms with van der Waals surface area (Å²) in [6, 6.07) is 4.73. The van der Waals surface area contributed by atoms with Gasteiger partial charge in [0.15, 0.2) is 0 Å². The third-order valence-electron chi connectivity index (χ3n) is 2.25. The van der Waals surface area contributed by atoms with E-state index in [1.165, 1.54) is 6.07 Å². The molecule has 0 bridgehead atoms. The third kappa shape index (κ3) is 4.20. The van der Waals surface area contributed by atoms with Gasteiger partial charge in [-0.2, -0.15) is 0 Å². The van der Waals surface area contributed by atoms with Gasteiger partial charge in [-0.25, -0.2) is 13.6 Å². The van der Waals surface area contributed by atoms with Gasteiger partial charge in [-0.15, -0.1) is 6.58 Å². The number of primary sulfonamides is 1. The van der Waals surface area contributed by atoms with Gasteiger partial charge in [0.05, 0.1) is 11.5 Å². The fourth-order valence-electron chi connectivity index (χ4n) is 1.37. The van der Waals surface area contributed by atoms with Crippen LogP contribution < -0.4 is 9.88 Å². The molecule has 1 rings (SSSR count). The monoisotopic (exact) mass is 255 g/mol. The van der Waals surface area contributed by atoms with E-state index in [1.807, 2.05) is 6.92 Å². The number of hydrogen-bond donors (Lipinski definition) is 1. The van der Waals surface area contributed by atoms with Crippen molar-refractivity contribution in [2.24, 2.45) is 5.14 Å². The zero-order valence-electron chi connectivity index (χ0n) is 10.1. The van der Waals surface area contributed by atoms with Gasteiger partial charge in [0.25, 0.3) is 0 Å². The van der Waals surface area contributed by atoms with Crippen LogP contribution in [0.3, 0.4) is 0 Å². The minimum atomic E-state index is -3.65. The van der Waals surface area contributed by atoms with Gasteiger partial charge in [-0.1, -0.05) is 5.57 Å². The second-order valence-electron chi connectivity index (χ2n) is 4.03. The molecule has 0 aliphatic rings. The molecule has 0 aliphatic carbocycles. The van der Waals surface area contributed by atoms with Crippen molar-refractivity contribution in [2.45, 2.75) is 25.2 Å². The first-order valence-corrected chi connectivity index (χ1v) is 6.76. The van der Waals surface area contributed by atoms with Gasteiger partial charge in [0.1, 0.15) is 5.75 Å². The van der Waals surface area contributed by atoms with Crippen LogP contribution in [0, 0.1) is 6.92 Å². The van der Waals surface area contributed by atoms with Crippen molar-refractivity contribution in [1.29, 1.82) is 0 Å². The maximum Gasteiger partial charge on any atom is 0.238 e. The summed E-state index contributed by atoms with van der Waals surface area (Å²) >= 11 is 0. The lowest BCUT2D eigenvalue weighted by atomic mass is 10.2. The molecule has 0 unspecified atom stereocenters. The number of hydrogen-bond acceptors (Lipinski definition) is 3. The Morgan fingerprint density at radius 1 is 1.47 bits per heavy atom. The summed E-state index contributed by atoms with van der Waals surface area (Å²) in [6.07, 6.45) is 0.774. The molecule has 0 aromatic heterocycles. The Balaban J connectivity index is 2.79. The number of aryl methyl sites for hydroxylation is 1. The van der Waals surface area contributed by atoms with E-state index >= 15 is 0 Å². The van der Waals surface area contributed by atoms with Crippen LogP contribution in [-0.2, 0) is 10.0 Å². The van der Waals surface area contributed by atoms with Crippen LogP contribution in [0.15, 0.2) is 35.2 Å². The molecular weight excluding hydrogens is 238 g/mol. The van der Waals surface area contributed by atoms with E-state index in [2.05, 4.69) is 6.58 Å². The molecule has 4 nitrogen and oxygen atoms in total. The molecule has 0 fully saturated rings. The predicted octanol–water partition coefficient (Wildman–Crippen LogP) is 1.99. The highest BCUT2D eigenvalue weighted by molar-refractivity contribution is 7.89. The minimum Gasteiger partial charge on any atom is -0.493 e. The highest BCUT2D eigenvalue weighted by Gasteiger charge is 2.11. The molecule has 0 amide bonds. The molecule has 94 valence electrons. The number of benzene rings is 1. The van der Waals surface area contributed by atoms with Gasteiger partial charge < -0.3 is 4.74 Å². The van der Waals surface area contributed by atoms with Crippen molar-refractivity contribution in [3.63, 3.8) is 0 Å².